The molecule has 11 aliphatic rings. The standard InChI is InChI=1S/C80H140/c1-6-8-70-48-77(80(52-70)54-74-36-33-69(47-74)30-28-66-26-24-64(44-66)21-18-61-15-12-57(3)40-61)38-37-75-49-76(10-7-9-71-42-59(5)78(50-71)51-72-34-31-67(45-72)22-19-62-16-13-58(4)41-62)79(55-75)53-73-35-32-68(46-73)29-27-65-25-23-63(43-65)20-17-60-14-11-56(2)39-60/h56-80H,6-55H2,1-5H3. The van der Waals surface area contributed by atoms with E-state index in [0.717, 1.165) is 148 Å². The minimum Gasteiger partial charge on any atom is -0.0654 e. The van der Waals surface area contributed by atoms with Crippen LogP contribution in [0, 0.1) is 148 Å². The van der Waals surface area contributed by atoms with E-state index in [-0.39, 0.29) is 0 Å². The third kappa shape index (κ3) is 18.3. The van der Waals surface area contributed by atoms with Crippen molar-refractivity contribution in [3.63, 3.8) is 0 Å². The SMILES string of the molecule is CCCC1CC(CCC2CC(CCCC3CC(C)C(CC4CCC(CCC5CCC(C)C5)C4)C3)C(CC3CCC(CCC4CCC(CCC5CCC(C)C5)C4)C3)C2)C(CC2CCC(CCC3CCC(CCC4CCC(C)C4)C3)C2)C1. The Morgan fingerprint density at radius 1 is 0.200 bits per heavy atom. The molecule has 0 aromatic rings. The molecule has 25 atom stereocenters. The Labute approximate surface area is 501 Å². The molecule has 11 rings (SSSR count). The Balaban J connectivity index is 0.627. The Bertz CT molecular complexity index is 1740. The van der Waals surface area contributed by atoms with Gasteiger partial charge in [0.05, 0.1) is 0 Å². The molecule has 0 aromatic heterocycles. The van der Waals surface area contributed by atoms with Crippen LogP contribution in [0.25, 0.3) is 0 Å². The lowest BCUT2D eigenvalue weighted by molar-refractivity contribution is 0.266. The van der Waals surface area contributed by atoms with Crippen molar-refractivity contribution in [1.29, 1.82) is 0 Å². The van der Waals surface area contributed by atoms with Crippen molar-refractivity contribution >= 4 is 0 Å². The van der Waals surface area contributed by atoms with Gasteiger partial charge in [-0.05, 0) is 264 Å². The van der Waals surface area contributed by atoms with Gasteiger partial charge in [-0.2, -0.15) is 0 Å². The zero-order valence-electron chi connectivity index (χ0n) is 54.8. The molecule has 0 radical (unpaired) electrons. The maximum absolute atomic E-state index is 2.70. The highest BCUT2D eigenvalue weighted by molar-refractivity contribution is 4.93. The molecule has 0 nitrogen and oxygen atoms in total. The average molecular weight is 1100 g/mol. The predicted octanol–water partition coefficient (Wildman–Crippen LogP) is 25.1. The van der Waals surface area contributed by atoms with Gasteiger partial charge in [0, 0.05) is 0 Å². The van der Waals surface area contributed by atoms with E-state index in [1.165, 1.54) is 32.1 Å². The van der Waals surface area contributed by atoms with Crippen molar-refractivity contribution in [3.8, 4) is 0 Å². The second-order valence-corrected chi connectivity index (χ2v) is 35.8. The fraction of sp³-hybridized carbons (Fsp3) is 1.00. The van der Waals surface area contributed by atoms with Crippen molar-refractivity contribution < 1.29 is 0 Å². The van der Waals surface area contributed by atoms with Crippen molar-refractivity contribution in [2.24, 2.45) is 148 Å². The topological polar surface area (TPSA) is 0 Å². The van der Waals surface area contributed by atoms with Gasteiger partial charge in [-0.3, -0.25) is 0 Å². The van der Waals surface area contributed by atoms with Gasteiger partial charge < -0.3 is 0 Å². The van der Waals surface area contributed by atoms with Gasteiger partial charge in [0.15, 0.2) is 0 Å². The van der Waals surface area contributed by atoms with Crippen molar-refractivity contribution in [2.45, 2.75) is 356 Å². The van der Waals surface area contributed by atoms with E-state index in [4.69, 9.17) is 0 Å². The molecule has 0 bridgehead atoms. The number of rotatable bonds is 30. The molecule has 0 saturated heterocycles. The van der Waals surface area contributed by atoms with Crippen LogP contribution in [0.2, 0.25) is 0 Å². The fourth-order valence-corrected chi connectivity index (χ4v) is 24.8. The van der Waals surface area contributed by atoms with Crippen LogP contribution < -0.4 is 0 Å². The van der Waals surface area contributed by atoms with E-state index >= 15 is 0 Å². The lowest BCUT2D eigenvalue weighted by atomic mass is 9.81. The average Bonchev–Trinajstić information content (AvgIpc) is 4.32. The van der Waals surface area contributed by atoms with Gasteiger partial charge in [-0.1, -0.05) is 240 Å². The van der Waals surface area contributed by atoms with Crippen LogP contribution >= 0.6 is 0 Å². The summed E-state index contributed by atoms with van der Waals surface area (Å²) in [4.78, 5) is 0. The van der Waals surface area contributed by atoms with Crippen molar-refractivity contribution in [2.75, 3.05) is 0 Å². The summed E-state index contributed by atoms with van der Waals surface area (Å²) in [5, 5.41) is 0. The maximum Gasteiger partial charge on any atom is -0.0380 e. The van der Waals surface area contributed by atoms with Crippen LogP contribution in [0.1, 0.15) is 356 Å². The van der Waals surface area contributed by atoms with Crippen molar-refractivity contribution in [3.05, 3.63) is 0 Å². The minimum atomic E-state index is 1.000. The van der Waals surface area contributed by atoms with Crippen LogP contribution in [0.15, 0.2) is 0 Å². The molecule has 0 spiro atoms. The highest BCUT2D eigenvalue weighted by Crippen LogP contribution is 2.54. The van der Waals surface area contributed by atoms with Gasteiger partial charge in [0.1, 0.15) is 0 Å². The first-order valence-corrected chi connectivity index (χ1v) is 39.1. The molecule has 0 heterocycles. The predicted molar refractivity (Wildman–Crippen MR) is 346 cm³/mol. The van der Waals surface area contributed by atoms with Gasteiger partial charge in [0.2, 0.25) is 0 Å². The summed E-state index contributed by atoms with van der Waals surface area (Å²) in [6.07, 6.45) is 79.0. The second-order valence-electron chi connectivity index (χ2n) is 35.8. The van der Waals surface area contributed by atoms with E-state index in [1.54, 1.807) is 289 Å². The third-order valence-corrected chi connectivity index (χ3v) is 29.3. The fourth-order valence-electron chi connectivity index (χ4n) is 24.8. The molecule has 25 unspecified atom stereocenters. The first-order valence-electron chi connectivity index (χ1n) is 39.1. The molecule has 460 valence electrons. The minimum absolute atomic E-state index is 1.000. The van der Waals surface area contributed by atoms with Gasteiger partial charge in [-0.25, -0.2) is 0 Å². The monoisotopic (exact) mass is 1100 g/mol. The quantitative estimate of drug-likeness (QED) is 0.0672. The first-order chi connectivity index (χ1) is 39.1. The van der Waals surface area contributed by atoms with Gasteiger partial charge in [-0.15, -0.1) is 0 Å². The Morgan fingerprint density at radius 3 is 0.850 bits per heavy atom. The molecule has 0 amide bonds. The van der Waals surface area contributed by atoms with Crippen LogP contribution in [0.4, 0.5) is 0 Å². The summed E-state index contributed by atoms with van der Waals surface area (Å²) in [7, 11) is 0. The lowest BCUT2D eigenvalue weighted by Gasteiger charge is -2.24. The zero-order chi connectivity index (χ0) is 54.8. The molecule has 80 heavy (non-hydrogen) atoms. The van der Waals surface area contributed by atoms with Gasteiger partial charge in [0.25, 0.3) is 0 Å². The van der Waals surface area contributed by atoms with Gasteiger partial charge >= 0.3 is 0 Å². The first kappa shape index (κ1) is 61.6. The lowest BCUT2D eigenvalue weighted by Crippen LogP contribution is -2.14. The summed E-state index contributed by atoms with van der Waals surface area (Å²) >= 11 is 0. The third-order valence-electron chi connectivity index (χ3n) is 29.3. The van der Waals surface area contributed by atoms with E-state index in [2.05, 4.69) is 34.6 Å². The Hall–Kier alpha value is 0. The summed E-state index contributed by atoms with van der Waals surface area (Å²) in [5.41, 5.74) is 0. The highest BCUT2D eigenvalue weighted by Gasteiger charge is 2.42. The van der Waals surface area contributed by atoms with E-state index in [9.17, 15) is 0 Å². The van der Waals surface area contributed by atoms with Crippen LogP contribution in [0.3, 0.4) is 0 Å². The normalized spacial score (nSPS) is 45.9. The summed E-state index contributed by atoms with van der Waals surface area (Å²) in [6.45, 7) is 12.7. The number of hydrogen-bond donors (Lipinski definition) is 0. The Kier molecular flexibility index (Phi) is 23.7. The smallest absolute Gasteiger partial charge is 0.0380 e. The maximum atomic E-state index is 2.70. The molecular formula is C80H140. The summed E-state index contributed by atoms with van der Waals surface area (Å²) in [5.74, 6) is 26.6. The molecule has 0 heteroatoms. The molecule has 11 aliphatic carbocycles. The van der Waals surface area contributed by atoms with E-state index in [0.29, 0.717) is 0 Å². The second kappa shape index (κ2) is 30.8. The van der Waals surface area contributed by atoms with E-state index < -0.39 is 0 Å². The van der Waals surface area contributed by atoms with Crippen molar-refractivity contribution in [1.82, 2.24) is 0 Å². The van der Waals surface area contributed by atoms with E-state index in [1.807, 2.05) is 0 Å². The molecule has 0 N–H and O–H groups in total. The Morgan fingerprint density at radius 2 is 0.475 bits per heavy atom. The summed E-state index contributed by atoms with van der Waals surface area (Å²) in [6, 6.07) is 0. The van der Waals surface area contributed by atoms with Crippen LogP contribution in [-0.2, 0) is 0 Å². The zero-order valence-corrected chi connectivity index (χ0v) is 54.8. The number of hydrogen-bond acceptors (Lipinski definition) is 0. The highest BCUT2D eigenvalue weighted by atomic mass is 14.5. The summed E-state index contributed by atoms with van der Waals surface area (Å²) < 4.78 is 0. The van der Waals surface area contributed by atoms with Crippen LogP contribution in [-0.4, -0.2) is 0 Å². The molecular weight excluding hydrogens is 961 g/mol. The molecule has 11 fully saturated rings. The molecule has 11 saturated carbocycles. The largest absolute Gasteiger partial charge is 0.0654 e. The molecule has 0 aromatic carbocycles. The molecule has 0 aliphatic heterocycles. The van der Waals surface area contributed by atoms with Crippen LogP contribution in [0.5, 0.6) is 0 Å².